The average Bonchev–Trinajstić information content (AvgIpc) is 2.81. The summed E-state index contributed by atoms with van der Waals surface area (Å²) in [6.07, 6.45) is 1.24. The molecule has 2 fully saturated rings. The minimum Gasteiger partial charge on any atom is -0.316 e. The van der Waals surface area contributed by atoms with Crippen molar-refractivity contribution in [2.24, 2.45) is 11.8 Å². The van der Waals surface area contributed by atoms with E-state index in [2.05, 4.69) is 26.1 Å². The summed E-state index contributed by atoms with van der Waals surface area (Å²) < 4.78 is 14.7. The van der Waals surface area contributed by atoms with Gasteiger partial charge in [0.25, 0.3) is 0 Å². The Labute approximate surface area is 128 Å². The second-order valence-electron chi connectivity index (χ2n) is 5.44. The third-order valence-electron chi connectivity index (χ3n) is 4.19. The lowest BCUT2D eigenvalue weighted by Crippen LogP contribution is -2.39. The van der Waals surface area contributed by atoms with Crippen molar-refractivity contribution in [1.82, 2.24) is 10.2 Å². The summed E-state index contributed by atoms with van der Waals surface area (Å²) in [6, 6.07) is 5.20. The molecule has 0 amide bonds. The van der Waals surface area contributed by atoms with Crippen LogP contribution >= 0.6 is 28.3 Å². The van der Waals surface area contributed by atoms with Gasteiger partial charge in [0.15, 0.2) is 0 Å². The smallest absolute Gasteiger partial charge is 0.127 e. The molecule has 2 aliphatic rings. The van der Waals surface area contributed by atoms with Gasteiger partial charge in [0.1, 0.15) is 5.82 Å². The normalized spacial score (nSPS) is 26.8. The molecular weight excluding hydrogens is 331 g/mol. The van der Waals surface area contributed by atoms with Gasteiger partial charge < -0.3 is 5.32 Å². The molecule has 2 atom stereocenters. The first-order chi connectivity index (χ1) is 8.72. The summed E-state index contributed by atoms with van der Waals surface area (Å²) in [4.78, 5) is 2.39. The summed E-state index contributed by atoms with van der Waals surface area (Å²) in [7, 11) is 0. The van der Waals surface area contributed by atoms with Gasteiger partial charge in [-0.05, 0) is 56.1 Å². The van der Waals surface area contributed by atoms with Gasteiger partial charge in [-0.25, -0.2) is 4.39 Å². The van der Waals surface area contributed by atoms with E-state index in [0.29, 0.717) is 0 Å². The van der Waals surface area contributed by atoms with E-state index in [0.717, 1.165) is 48.1 Å². The van der Waals surface area contributed by atoms with Crippen LogP contribution in [0.5, 0.6) is 0 Å². The molecule has 106 valence electrons. The first-order valence-electron chi connectivity index (χ1n) is 6.59. The van der Waals surface area contributed by atoms with Gasteiger partial charge in [0.05, 0.1) is 0 Å². The Morgan fingerprint density at radius 1 is 1.32 bits per heavy atom. The number of hydrogen-bond acceptors (Lipinski definition) is 2. The Kier molecular flexibility index (Phi) is 5.23. The second kappa shape index (κ2) is 6.53. The number of likely N-dealkylation sites (tertiary alicyclic amines) is 1. The van der Waals surface area contributed by atoms with Crippen molar-refractivity contribution < 1.29 is 4.39 Å². The number of piperidine rings is 1. The zero-order valence-corrected chi connectivity index (χ0v) is 13.1. The van der Waals surface area contributed by atoms with Crippen molar-refractivity contribution in [3.8, 4) is 0 Å². The van der Waals surface area contributed by atoms with Crippen LogP contribution in [0.25, 0.3) is 0 Å². The number of hydrogen-bond donors (Lipinski definition) is 1. The van der Waals surface area contributed by atoms with E-state index >= 15 is 0 Å². The first kappa shape index (κ1) is 15.2. The fourth-order valence-corrected chi connectivity index (χ4v) is 3.57. The molecule has 19 heavy (non-hydrogen) atoms. The summed E-state index contributed by atoms with van der Waals surface area (Å²) >= 11 is 3.41. The second-order valence-corrected chi connectivity index (χ2v) is 6.35. The molecule has 2 heterocycles. The summed E-state index contributed by atoms with van der Waals surface area (Å²) in [6.45, 7) is 5.22. The van der Waals surface area contributed by atoms with Crippen molar-refractivity contribution in [2.75, 3.05) is 26.2 Å². The van der Waals surface area contributed by atoms with E-state index in [4.69, 9.17) is 0 Å². The zero-order chi connectivity index (χ0) is 12.5. The molecule has 2 nitrogen and oxygen atoms in total. The van der Waals surface area contributed by atoms with Crippen LogP contribution in [-0.2, 0) is 6.54 Å². The van der Waals surface area contributed by atoms with Crippen LogP contribution in [0, 0.1) is 17.7 Å². The third kappa shape index (κ3) is 3.48. The average molecular weight is 350 g/mol. The predicted octanol–water partition coefficient (Wildman–Crippen LogP) is 3.05. The standard InChI is InChI=1S/C14H18BrFN2.ClH/c15-13-1-2-14(16)11(5-13)8-18-4-3-10-6-17-7-12(10)9-18;/h1-2,5,10,12,17H,3-4,6-9H2;1H. The van der Waals surface area contributed by atoms with Crippen LogP contribution in [-0.4, -0.2) is 31.1 Å². The first-order valence-corrected chi connectivity index (χ1v) is 7.38. The molecule has 0 bridgehead atoms. The van der Waals surface area contributed by atoms with Crippen molar-refractivity contribution in [1.29, 1.82) is 0 Å². The fraction of sp³-hybridized carbons (Fsp3) is 0.571. The molecule has 0 saturated carbocycles. The van der Waals surface area contributed by atoms with Crippen LogP contribution in [0.1, 0.15) is 12.0 Å². The van der Waals surface area contributed by atoms with Crippen molar-refractivity contribution in [3.63, 3.8) is 0 Å². The van der Waals surface area contributed by atoms with Gasteiger partial charge in [0.2, 0.25) is 0 Å². The molecular formula is C14H19BrClFN2. The molecule has 1 N–H and O–H groups in total. The van der Waals surface area contributed by atoms with Crippen molar-refractivity contribution in [2.45, 2.75) is 13.0 Å². The number of rotatable bonds is 2. The lowest BCUT2D eigenvalue weighted by molar-refractivity contribution is 0.141. The zero-order valence-electron chi connectivity index (χ0n) is 10.7. The highest BCUT2D eigenvalue weighted by Crippen LogP contribution is 2.28. The Bertz CT molecular complexity index is 443. The van der Waals surface area contributed by atoms with Gasteiger partial charge in [-0.1, -0.05) is 15.9 Å². The molecule has 5 heteroatoms. The van der Waals surface area contributed by atoms with Gasteiger partial charge >= 0.3 is 0 Å². The van der Waals surface area contributed by atoms with E-state index in [-0.39, 0.29) is 18.2 Å². The number of nitrogens with zero attached hydrogens (tertiary/aromatic N) is 1. The van der Waals surface area contributed by atoms with Crippen molar-refractivity contribution >= 4 is 28.3 Å². The number of nitrogens with one attached hydrogen (secondary N) is 1. The van der Waals surface area contributed by atoms with E-state index in [1.54, 1.807) is 12.1 Å². The highest BCUT2D eigenvalue weighted by molar-refractivity contribution is 9.10. The van der Waals surface area contributed by atoms with E-state index in [9.17, 15) is 4.39 Å². The molecule has 0 aliphatic carbocycles. The molecule has 2 unspecified atom stereocenters. The van der Waals surface area contributed by atoms with Crippen LogP contribution in [0.4, 0.5) is 4.39 Å². The minimum absolute atomic E-state index is 0. The molecule has 1 aromatic carbocycles. The van der Waals surface area contributed by atoms with Crippen LogP contribution in [0.2, 0.25) is 0 Å². The Morgan fingerprint density at radius 3 is 2.95 bits per heavy atom. The third-order valence-corrected chi connectivity index (χ3v) is 4.68. The minimum atomic E-state index is -0.0927. The van der Waals surface area contributed by atoms with Gasteiger partial charge in [-0.15, -0.1) is 12.4 Å². The lowest BCUT2D eigenvalue weighted by Gasteiger charge is -2.34. The topological polar surface area (TPSA) is 15.3 Å². The molecule has 1 aromatic rings. The monoisotopic (exact) mass is 348 g/mol. The highest BCUT2D eigenvalue weighted by Gasteiger charge is 2.32. The maximum Gasteiger partial charge on any atom is 0.127 e. The Balaban J connectivity index is 0.00000133. The number of halogens is 3. The summed E-state index contributed by atoms with van der Waals surface area (Å²) in [5.41, 5.74) is 0.800. The SMILES string of the molecule is Cl.Fc1ccc(Br)cc1CN1CCC2CNCC2C1. The molecule has 0 radical (unpaired) electrons. The van der Waals surface area contributed by atoms with E-state index in [1.807, 2.05) is 6.07 Å². The summed E-state index contributed by atoms with van der Waals surface area (Å²) in [5, 5.41) is 3.46. The van der Waals surface area contributed by atoms with Gasteiger partial charge in [-0.2, -0.15) is 0 Å². The molecule has 2 aliphatic heterocycles. The van der Waals surface area contributed by atoms with Crippen LogP contribution < -0.4 is 5.32 Å². The molecule has 3 rings (SSSR count). The fourth-order valence-electron chi connectivity index (χ4n) is 3.16. The number of benzene rings is 1. The van der Waals surface area contributed by atoms with Crippen LogP contribution in [0.15, 0.2) is 22.7 Å². The lowest BCUT2D eigenvalue weighted by atomic mass is 9.88. The maximum absolute atomic E-state index is 13.7. The van der Waals surface area contributed by atoms with E-state index < -0.39 is 0 Å². The largest absolute Gasteiger partial charge is 0.316 e. The highest BCUT2D eigenvalue weighted by atomic mass is 79.9. The Morgan fingerprint density at radius 2 is 2.11 bits per heavy atom. The quantitative estimate of drug-likeness (QED) is 0.883. The van der Waals surface area contributed by atoms with Crippen LogP contribution in [0.3, 0.4) is 0 Å². The van der Waals surface area contributed by atoms with Gasteiger partial charge in [0, 0.05) is 23.1 Å². The Hall–Kier alpha value is -0.160. The maximum atomic E-state index is 13.7. The van der Waals surface area contributed by atoms with Gasteiger partial charge in [-0.3, -0.25) is 4.90 Å². The van der Waals surface area contributed by atoms with E-state index in [1.165, 1.54) is 13.0 Å². The number of fused-ring (bicyclic) bond motifs is 1. The predicted molar refractivity (Wildman–Crippen MR) is 81.1 cm³/mol. The summed E-state index contributed by atoms with van der Waals surface area (Å²) in [5.74, 6) is 1.51. The molecule has 0 spiro atoms. The molecule has 2 saturated heterocycles. The molecule has 0 aromatic heterocycles. The van der Waals surface area contributed by atoms with Crippen molar-refractivity contribution in [3.05, 3.63) is 34.1 Å².